The summed E-state index contributed by atoms with van der Waals surface area (Å²) < 4.78 is 5.42. The van der Waals surface area contributed by atoms with Gasteiger partial charge in [0, 0.05) is 17.2 Å². The fraction of sp³-hybridized carbons (Fsp3) is 0. The van der Waals surface area contributed by atoms with Gasteiger partial charge in [-0.2, -0.15) is 0 Å². The minimum absolute atomic E-state index is 0.207. The normalized spacial score (nSPS) is 11.2. The molecule has 3 aromatic heterocycles. The zero-order valence-corrected chi connectivity index (χ0v) is 13.5. The maximum Gasteiger partial charge on any atom is 0.249 e. The van der Waals surface area contributed by atoms with E-state index >= 15 is 0 Å². The van der Waals surface area contributed by atoms with E-state index < -0.39 is 0 Å². The van der Waals surface area contributed by atoms with Crippen molar-refractivity contribution in [2.75, 3.05) is 0 Å². The lowest BCUT2D eigenvalue weighted by molar-refractivity contribution is 0.602. The van der Waals surface area contributed by atoms with Crippen LogP contribution in [-0.4, -0.2) is 19.9 Å². The van der Waals surface area contributed by atoms with E-state index in [0.29, 0.717) is 28.1 Å². The molecule has 0 aliphatic rings. The third kappa shape index (κ3) is 2.36. The zero-order chi connectivity index (χ0) is 17.5. The maximum absolute atomic E-state index is 11.7. The zero-order valence-electron chi connectivity index (χ0n) is 13.5. The van der Waals surface area contributed by atoms with Gasteiger partial charge in [0.2, 0.25) is 5.56 Å². The van der Waals surface area contributed by atoms with E-state index in [0.717, 1.165) is 16.6 Å². The standard InChI is InChI=1S/C20H12N4O2/c25-17-9-8-15-20(23-17)24-18(12-4-2-1-3-5-12)19(22-15)13-6-7-14-16(10-13)26-11-21-14/h1-11H,(H,23,24,25). The van der Waals surface area contributed by atoms with Crippen molar-refractivity contribution in [1.82, 2.24) is 19.9 Å². The second-order valence-corrected chi connectivity index (χ2v) is 5.88. The lowest BCUT2D eigenvalue weighted by Gasteiger charge is -2.10. The molecule has 0 amide bonds. The Labute approximate surface area is 147 Å². The minimum atomic E-state index is -0.207. The summed E-state index contributed by atoms with van der Waals surface area (Å²) in [6.07, 6.45) is 1.42. The number of nitrogens with one attached hydrogen (secondary N) is 1. The lowest BCUT2D eigenvalue weighted by atomic mass is 10.0. The van der Waals surface area contributed by atoms with Crippen molar-refractivity contribution < 1.29 is 4.42 Å². The number of fused-ring (bicyclic) bond motifs is 2. The molecule has 0 aliphatic heterocycles. The number of hydrogen-bond donors (Lipinski definition) is 1. The third-order valence-electron chi connectivity index (χ3n) is 4.21. The Bertz CT molecular complexity index is 1310. The number of nitrogens with zero attached hydrogens (tertiary/aromatic N) is 3. The molecule has 0 bridgehead atoms. The van der Waals surface area contributed by atoms with Crippen LogP contribution in [0.15, 0.2) is 76.3 Å². The van der Waals surface area contributed by atoms with Crippen LogP contribution in [-0.2, 0) is 0 Å². The van der Waals surface area contributed by atoms with Crippen LogP contribution in [0.3, 0.4) is 0 Å². The van der Waals surface area contributed by atoms with E-state index in [2.05, 4.69) is 15.0 Å². The fourth-order valence-corrected chi connectivity index (χ4v) is 2.97. The average molecular weight is 340 g/mol. The minimum Gasteiger partial charge on any atom is -0.443 e. The molecule has 0 saturated carbocycles. The number of rotatable bonds is 2. The molecule has 0 unspecified atom stereocenters. The van der Waals surface area contributed by atoms with Crippen molar-refractivity contribution in [3.05, 3.63) is 77.4 Å². The van der Waals surface area contributed by atoms with Crippen molar-refractivity contribution in [3.8, 4) is 22.5 Å². The predicted octanol–water partition coefficient (Wildman–Crippen LogP) is 3.79. The van der Waals surface area contributed by atoms with E-state index in [1.165, 1.54) is 12.5 Å². The molecular weight excluding hydrogens is 328 g/mol. The highest BCUT2D eigenvalue weighted by Gasteiger charge is 2.14. The quantitative estimate of drug-likeness (QED) is 0.528. The summed E-state index contributed by atoms with van der Waals surface area (Å²) in [6, 6.07) is 18.6. The molecule has 6 heteroatoms. The number of aromatic nitrogens is 4. The second kappa shape index (κ2) is 5.63. The van der Waals surface area contributed by atoms with Gasteiger partial charge in [-0.05, 0) is 18.2 Å². The van der Waals surface area contributed by atoms with Crippen molar-refractivity contribution >= 4 is 22.3 Å². The van der Waals surface area contributed by atoms with Crippen molar-refractivity contribution in [3.63, 3.8) is 0 Å². The molecule has 2 aromatic carbocycles. The Hall–Kier alpha value is -3.80. The Morgan fingerprint density at radius 3 is 2.50 bits per heavy atom. The molecule has 0 radical (unpaired) electrons. The third-order valence-corrected chi connectivity index (χ3v) is 4.21. The summed E-state index contributed by atoms with van der Waals surface area (Å²) in [4.78, 5) is 28.0. The Morgan fingerprint density at radius 2 is 1.62 bits per heavy atom. The van der Waals surface area contributed by atoms with Crippen LogP contribution in [0.2, 0.25) is 0 Å². The SMILES string of the molecule is O=c1ccc2nc(-c3ccc4ncoc4c3)c(-c3ccccc3)nc2[nH]1. The summed E-state index contributed by atoms with van der Waals surface area (Å²) in [5, 5.41) is 0. The molecule has 5 rings (SSSR count). The first-order chi connectivity index (χ1) is 12.8. The monoisotopic (exact) mass is 340 g/mol. The van der Waals surface area contributed by atoms with Crippen LogP contribution >= 0.6 is 0 Å². The van der Waals surface area contributed by atoms with Crippen LogP contribution in [0, 0.1) is 0 Å². The number of pyridine rings is 1. The van der Waals surface area contributed by atoms with Crippen molar-refractivity contribution in [2.24, 2.45) is 0 Å². The van der Waals surface area contributed by atoms with Gasteiger partial charge in [-0.3, -0.25) is 4.79 Å². The van der Waals surface area contributed by atoms with E-state index in [1.807, 2.05) is 48.5 Å². The average Bonchev–Trinajstić information content (AvgIpc) is 3.15. The molecule has 1 N–H and O–H groups in total. The Morgan fingerprint density at radius 1 is 0.808 bits per heavy atom. The van der Waals surface area contributed by atoms with Gasteiger partial charge in [0.1, 0.15) is 11.0 Å². The summed E-state index contributed by atoms with van der Waals surface area (Å²) in [5.41, 5.74) is 5.54. The molecule has 0 fully saturated rings. The number of oxazole rings is 1. The molecule has 6 nitrogen and oxygen atoms in total. The largest absolute Gasteiger partial charge is 0.443 e. The molecule has 0 aliphatic carbocycles. The van der Waals surface area contributed by atoms with Crippen LogP contribution in [0.5, 0.6) is 0 Å². The number of hydrogen-bond acceptors (Lipinski definition) is 5. The van der Waals surface area contributed by atoms with Gasteiger partial charge in [-0.25, -0.2) is 15.0 Å². The Balaban J connectivity index is 1.84. The van der Waals surface area contributed by atoms with Crippen LogP contribution in [0.1, 0.15) is 0 Å². The van der Waals surface area contributed by atoms with Crippen LogP contribution < -0.4 is 5.56 Å². The predicted molar refractivity (Wildman–Crippen MR) is 98.6 cm³/mol. The summed E-state index contributed by atoms with van der Waals surface area (Å²) >= 11 is 0. The molecule has 0 spiro atoms. The summed E-state index contributed by atoms with van der Waals surface area (Å²) in [7, 11) is 0. The van der Waals surface area contributed by atoms with Crippen LogP contribution in [0.25, 0.3) is 44.8 Å². The molecular formula is C20H12N4O2. The first-order valence-corrected chi connectivity index (χ1v) is 8.08. The van der Waals surface area contributed by atoms with E-state index in [-0.39, 0.29) is 5.56 Å². The van der Waals surface area contributed by atoms with Crippen molar-refractivity contribution in [1.29, 1.82) is 0 Å². The fourth-order valence-electron chi connectivity index (χ4n) is 2.97. The van der Waals surface area contributed by atoms with Gasteiger partial charge in [0.05, 0.1) is 11.4 Å². The van der Waals surface area contributed by atoms with Gasteiger partial charge in [-0.15, -0.1) is 0 Å². The topological polar surface area (TPSA) is 84.7 Å². The highest BCUT2D eigenvalue weighted by molar-refractivity contribution is 5.87. The number of benzene rings is 2. The van der Waals surface area contributed by atoms with Crippen molar-refractivity contribution in [2.45, 2.75) is 0 Å². The number of aromatic amines is 1. The van der Waals surface area contributed by atoms with Gasteiger partial charge in [-0.1, -0.05) is 36.4 Å². The van der Waals surface area contributed by atoms with E-state index in [4.69, 9.17) is 9.40 Å². The second-order valence-electron chi connectivity index (χ2n) is 5.88. The molecule has 3 heterocycles. The molecule has 5 aromatic rings. The molecule has 0 atom stereocenters. The Kier molecular flexibility index (Phi) is 3.15. The first-order valence-electron chi connectivity index (χ1n) is 8.08. The summed E-state index contributed by atoms with van der Waals surface area (Å²) in [5.74, 6) is 0. The van der Waals surface area contributed by atoms with E-state index in [1.54, 1.807) is 6.07 Å². The molecule has 124 valence electrons. The number of H-pyrrole nitrogens is 1. The highest BCUT2D eigenvalue weighted by atomic mass is 16.3. The summed E-state index contributed by atoms with van der Waals surface area (Å²) in [6.45, 7) is 0. The molecule has 26 heavy (non-hydrogen) atoms. The molecule has 0 saturated heterocycles. The smallest absolute Gasteiger partial charge is 0.249 e. The van der Waals surface area contributed by atoms with Gasteiger partial charge in [0.15, 0.2) is 17.6 Å². The van der Waals surface area contributed by atoms with Gasteiger partial charge >= 0.3 is 0 Å². The first kappa shape index (κ1) is 14.5. The lowest BCUT2D eigenvalue weighted by Crippen LogP contribution is -2.06. The van der Waals surface area contributed by atoms with Gasteiger partial charge in [0.25, 0.3) is 0 Å². The highest BCUT2D eigenvalue weighted by Crippen LogP contribution is 2.31. The maximum atomic E-state index is 11.7. The van der Waals surface area contributed by atoms with Crippen LogP contribution in [0.4, 0.5) is 0 Å². The van der Waals surface area contributed by atoms with Gasteiger partial charge < -0.3 is 9.40 Å². The van der Waals surface area contributed by atoms with E-state index in [9.17, 15) is 4.79 Å².